The molecule has 1 saturated heterocycles. The van der Waals surface area contributed by atoms with Crippen LogP contribution in [-0.2, 0) is 14.3 Å². The Labute approximate surface area is 249 Å². The highest BCUT2D eigenvalue weighted by molar-refractivity contribution is 5.98. The summed E-state index contributed by atoms with van der Waals surface area (Å²) in [5.41, 5.74) is 6.83. The van der Waals surface area contributed by atoms with Gasteiger partial charge in [-0.25, -0.2) is 14.6 Å². The summed E-state index contributed by atoms with van der Waals surface area (Å²) in [5, 5.41) is 56.3. The molecule has 2 fully saturated rings. The number of amides is 2. The molecule has 2 amide bonds. The molecule has 44 heavy (non-hydrogen) atoms. The maximum absolute atomic E-state index is 12.7. The first kappa shape index (κ1) is 30.5. The fourth-order valence-electron chi connectivity index (χ4n) is 5.00. The largest absolute Gasteiger partial charge is 0.479 e. The quantitative estimate of drug-likeness (QED) is 0.147. The minimum Gasteiger partial charge on any atom is -0.479 e. The second kappa shape index (κ2) is 13.2. The molecule has 1 saturated carbocycles. The smallest absolute Gasteiger partial charge is 0.409 e. The van der Waals surface area contributed by atoms with Gasteiger partial charge in [-0.3, -0.25) is 4.79 Å². The van der Waals surface area contributed by atoms with Crippen molar-refractivity contribution in [2.75, 3.05) is 10.6 Å². The maximum atomic E-state index is 12.7. The van der Waals surface area contributed by atoms with Crippen molar-refractivity contribution in [1.29, 1.82) is 0 Å². The minimum absolute atomic E-state index is 0.0399. The van der Waals surface area contributed by atoms with Crippen LogP contribution in [0, 0.1) is 0 Å². The third-order valence-electron chi connectivity index (χ3n) is 7.23. The van der Waals surface area contributed by atoms with Crippen LogP contribution >= 0.6 is 0 Å². The number of primary amides is 1. The lowest BCUT2D eigenvalue weighted by Gasteiger charge is -2.38. The number of carbonyl (C=O) groups is 3. The molecular weight excluding hydrogens is 582 g/mol. The molecule has 234 valence electrons. The number of aliphatic carboxylic acids is 1. The Morgan fingerprint density at radius 1 is 1.02 bits per heavy atom. The number of carboxylic acid groups (broad SMARTS) is 1. The Morgan fingerprint density at radius 2 is 1.75 bits per heavy atom. The number of hydrogen-bond donors (Lipinski definition) is 8. The monoisotopic (exact) mass is 613 g/mol. The van der Waals surface area contributed by atoms with Crippen LogP contribution in [0.25, 0.3) is 5.69 Å². The lowest BCUT2D eigenvalue weighted by atomic mass is 9.90. The number of carboxylic acids is 1. The number of aliphatic hydroxyl groups is 3. The van der Waals surface area contributed by atoms with Gasteiger partial charge in [-0.2, -0.15) is 20.0 Å². The highest BCUT2D eigenvalue weighted by Crippen LogP contribution is 2.26. The predicted octanol–water partition coefficient (Wildman–Crippen LogP) is -0.759. The van der Waals surface area contributed by atoms with Crippen molar-refractivity contribution in [2.45, 2.75) is 68.5 Å². The number of alkyl carbamates (subject to hydrolysis) is 1. The van der Waals surface area contributed by atoms with E-state index in [9.17, 15) is 34.8 Å². The third kappa shape index (κ3) is 6.83. The number of aromatic nitrogens is 5. The van der Waals surface area contributed by atoms with Crippen LogP contribution in [0.4, 0.5) is 22.2 Å². The van der Waals surface area contributed by atoms with Crippen molar-refractivity contribution < 1.29 is 44.3 Å². The Morgan fingerprint density at radius 3 is 2.45 bits per heavy atom. The number of carbonyl (C=O) groups excluding carboxylic acids is 2. The molecule has 9 N–H and O–H groups in total. The van der Waals surface area contributed by atoms with Crippen LogP contribution < -0.4 is 21.7 Å². The van der Waals surface area contributed by atoms with E-state index < -0.39 is 60.8 Å². The molecule has 3 heterocycles. The molecule has 18 nitrogen and oxygen atoms in total. The van der Waals surface area contributed by atoms with Crippen LogP contribution in [0.15, 0.2) is 42.9 Å². The first-order valence-corrected chi connectivity index (χ1v) is 13.7. The van der Waals surface area contributed by atoms with E-state index >= 15 is 0 Å². The summed E-state index contributed by atoms with van der Waals surface area (Å²) in [6.45, 7) is 0. The normalized spacial score (nSPS) is 26.8. The second-order valence-electron chi connectivity index (χ2n) is 10.2. The van der Waals surface area contributed by atoms with Crippen molar-refractivity contribution in [3.8, 4) is 5.69 Å². The van der Waals surface area contributed by atoms with Crippen molar-refractivity contribution in [3.05, 3.63) is 48.4 Å². The summed E-state index contributed by atoms with van der Waals surface area (Å²) in [6, 6.07) is 6.16. The second-order valence-corrected chi connectivity index (χ2v) is 10.2. The Bertz CT molecular complexity index is 1490. The first-order valence-electron chi connectivity index (χ1n) is 13.7. The average Bonchev–Trinajstić information content (AvgIpc) is 3.54. The fraction of sp³-hybridized carbons (Fsp3) is 0.423. The molecule has 0 spiro atoms. The van der Waals surface area contributed by atoms with E-state index in [1.165, 1.54) is 23.4 Å². The number of rotatable bonds is 9. The lowest BCUT2D eigenvalue weighted by Crippen LogP contribution is -2.61. The van der Waals surface area contributed by atoms with Gasteiger partial charge < -0.3 is 51.6 Å². The molecule has 0 radical (unpaired) electrons. The molecule has 1 aliphatic heterocycles. The number of nitrogens with zero attached hydrogens (tertiary/aromatic N) is 5. The molecule has 7 atom stereocenters. The van der Waals surface area contributed by atoms with E-state index in [0.717, 1.165) is 12.8 Å². The Hall–Kier alpha value is -4.91. The van der Waals surface area contributed by atoms with Crippen molar-refractivity contribution in [1.82, 2.24) is 30.3 Å². The SMILES string of the molecule is NC(=O)c1cnc(N[C@@H]2CCCC[C@@H]2NC(=O)O[C@@H]2OC(C(=O)O)[C@@H](O)[C@H](O)[C@H]2O)nc1Nc1cccc(-n2nccn2)c1. The molecular formula is C26H31N9O9. The summed E-state index contributed by atoms with van der Waals surface area (Å²) < 4.78 is 10.1. The zero-order valence-corrected chi connectivity index (χ0v) is 23.1. The number of nitrogens with one attached hydrogen (secondary N) is 3. The fourth-order valence-corrected chi connectivity index (χ4v) is 5.00. The number of hydrogen-bond acceptors (Lipinski definition) is 14. The van der Waals surface area contributed by atoms with E-state index in [1.807, 2.05) is 0 Å². The predicted molar refractivity (Wildman–Crippen MR) is 149 cm³/mol. The molecule has 1 aliphatic carbocycles. The lowest BCUT2D eigenvalue weighted by molar-refractivity contribution is -0.278. The van der Waals surface area contributed by atoms with Gasteiger partial charge in [0.1, 0.15) is 29.7 Å². The number of anilines is 3. The van der Waals surface area contributed by atoms with E-state index in [-0.39, 0.29) is 17.3 Å². The molecule has 3 aromatic rings. The number of aliphatic hydroxyl groups excluding tert-OH is 3. The summed E-state index contributed by atoms with van der Waals surface area (Å²) in [5.74, 6) is -2.08. The summed E-state index contributed by atoms with van der Waals surface area (Å²) >= 11 is 0. The van der Waals surface area contributed by atoms with Gasteiger partial charge in [-0.05, 0) is 31.0 Å². The van der Waals surface area contributed by atoms with Gasteiger partial charge in [0.15, 0.2) is 6.10 Å². The zero-order valence-electron chi connectivity index (χ0n) is 23.1. The Kier molecular flexibility index (Phi) is 9.14. The standard InChI is InChI=1S/C26H31N9O9/c27-21(39)14-11-28-25(34-22(14)31-12-4-3-5-13(10-12)35-29-8-9-30-35)32-15-6-1-2-7-16(15)33-26(42)44-24-19(38)17(36)18(37)20(43-24)23(40)41/h3-5,8-11,15-20,24,36-38H,1-2,6-7H2,(H2,27,39)(H,33,42)(H,40,41)(H2,28,31,32,34)/t15-,16+,17+,18+,19-,20?,24+/m1/s1. The van der Waals surface area contributed by atoms with Crippen LogP contribution in [0.1, 0.15) is 36.0 Å². The molecule has 5 rings (SSSR count). The van der Waals surface area contributed by atoms with Gasteiger partial charge in [0.05, 0.1) is 24.1 Å². The van der Waals surface area contributed by atoms with Gasteiger partial charge in [-0.15, -0.1) is 0 Å². The molecule has 2 aliphatic rings. The summed E-state index contributed by atoms with van der Waals surface area (Å²) in [6.07, 6.45) is -3.45. The van der Waals surface area contributed by atoms with Crippen LogP contribution in [0.2, 0.25) is 0 Å². The van der Waals surface area contributed by atoms with Crippen LogP contribution in [0.5, 0.6) is 0 Å². The van der Waals surface area contributed by atoms with E-state index in [2.05, 4.69) is 36.1 Å². The maximum Gasteiger partial charge on any atom is 0.409 e. The van der Waals surface area contributed by atoms with Crippen LogP contribution in [0.3, 0.4) is 0 Å². The summed E-state index contributed by atoms with van der Waals surface area (Å²) in [4.78, 5) is 46.3. The van der Waals surface area contributed by atoms with Gasteiger partial charge in [0.2, 0.25) is 12.2 Å². The summed E-state index contributed by atoms with van der Waals surface area (Å²) in [7, 11) is 0. The molecule has 0 bridgehead atoms. The van der Waals surface area contributed by atoms with Gasteiger partial charge >= 0.3 is 12.1 Å². The van der Waals surface area contributed by atoms with Crippen LogP contribution in [-0.4, -0.2) is 106 Å². The highest BCUT2D eigenvalue weighted by Gasteiger charge is 2.48. The molecule has 1 aromatic carbocycles. The number of nitrogens with two attached hydrogens (primary N) is 1. The van der Waals surface area contributed by atoms with E-state index in [1.54, 1.807) is 24.3 Å². The van der Waals surface area contributed by atoms with Crippen molar-refractivity contribution in [2.24, 2.45) is 5.73 Å². The number of benzene rings is 1. The van der Waals surface area contributed by atoms with Crippen molar-refractivity contribution in [3.63, 3.8) is 0 Å². The first-order chi connectivity index (χ1) is 21.1. The van der Waals surface area contributed by atoms with E-state index in [0.29, 0.717) is 24.2 Å². The topological polar surface area (TPSA) is 269 Å². The van der Waals surface area contributed by atoms with Gasteiger partial charge in [0, 0.05) is 17.9 Å². The minimum atomic E-state index is -1.92. The molecule has 1 unspecified atom stereocenters. The number of ether oxygens (including phenoxy) is 2. The van der Waals surface area contributed by atoms with Crippen molar-refractivity contribution >= 4 is 35.4 Å². The molecule has 2 aromatic heterocycles. The Balaban J connectivity index is 1.28. The zero-order chi connectivity index (χ0) is 31.4. The third-order valence-corrected chi connectivity index (χ3v) is 7.23. The average molecular weight is 614 g/mol. The van der Waals surface area contributed by atoms with E-state index in [4.69, 9.17) is 15.2 Å². The van der Waals surface area contributed by atoms with Gasteiger partial charge in [-0.1, -0.05) is 18.9 Å². The highest BCUT2D eigenvalue weighted by atomic mass is 16.7. The molecule has 18 heteroatoms. The van der Waals surface area contributed by atoms with Gasteiger partial charge in [0.25, 0.3) is 5.91 Å².